The lowest BCUT2D eigenvalue weighted by Crippen LogP contribution is -2.31. The Hall–Kier alpha value is -3.62. The van der Waals surface area contributed by atoms with Crippen molar-refractivity contribution in [3.8, 4) is 11.5 Å². The Labute approximate surface area is 212 Å². The number of fused-ring (bicyclic) bond motifs is 2. The van der Waals surface area contributed by atoms with E-state index < -0.39 is 16.9 Å². The molecule has 2 heterocycles. The minimum atomic E-state index is -1.71. The molecule has 2 unspecified atom stereocenters. The van der Waals surface area contributed by atoms with Crippen molar-refractivity contribution in [2.75, 3.05) is 6.79 Å². The Balaban J connectivity index is 1.54. The molecule has 0 aliphatic carbocycles. The van der Waals surface area contributed by atoms with Gasteiger partial charge in [0, 0.05) is 30.7 Å². The van der Waals surface area contributed by atoms with Crippen molar-refractivity contribution in [1.82, 2.24) is 9.29 Å². The van der Waals surface area contributed by atoms with Gasteiger partial charge in [-0.1, -0.05) is 44.2 Å². The Kier molecular flexibility index (Phi) is 6.55. The molecule has 36 heavy (non-hydrogen) atoms. The molecule has 0 radical (unpaired) electrons. The first kappa shape index (κ1) is 24.1. The largest absolute Gasteiger partial charge is 0.454 e. The molecule has 1 aromatic heterocycles. The molecule has 1 aliphatic rings. The number of benzene rings is 3. The molecule has 8 heteroatoms. The van der Waals surface area contributed by atoms with E-state index in [1.54, 1.807) is 18.2 Å². The highest BCUT2D eigenvalue weighted by Gasteiger charge is 2.29. The van der Waals surface area contributed by atoms with Crippen molar-refractivity contribution in [2.45, 2.75) is 37.1 Å². The van der Waals surface area contributed by atoms with Crippen molar-refractivity contribution >= 4 is 27.8 Å². The summed E-state index contributed by atoms with van der Waals surface area (Å²) in [4.78, 5) is 14.3. The van der Waals surface area contributed by atoms with Crippen LogP contribution in [-0.2, 0) is 29.4 Å². The normalized spacial score (nSPS) is 14.2. The Bertz CT molecular complexity index is 1460. The number of rotatable bonds is 7. The first-order chi connectivity index (χ1) is 17.4. The molecule has 2 atom stereocenters. The van der Waals surface area contributed by atoms with Gasteiger partial charge in [0.25, 0.3) is 0 Å². The van der Waals surface area contributed by atoms with Gasteiger partial charge in [-0.15, -0.1) is 0 Å². The summed E-state index contributed by atoms with van der Waals surface area (Å²) in [6.07, 6.45) is 1.94. The van der Waals surface area contributed by atoms with Crippen LogP contribution >= 0.6 is 0 Å². The summed E-state index contributed by atoms with van der Waals surface area (Å²) in [7, 11) is 0.227. The molecule has 0 spiro atoms. The third-order valence-corrected chi connectivity index (χ3v) is 7.67. The SMILES string of the molecule is CC(C)c1ccc(S(=O)NC(=O)C(c2ccc3c(c2)OCO3)c2cn(C)c3cc(CN)ccc23)cc1. The molecule has 3 N–H and O–H groups in total. The number of nitrogens with zero attached hydrogens (tertiary/aromatic N) is 1. The smallest absolute Gasteiger partial charge is 0.244 e. The molecule has 0 saturated heterocycles. The molecule has 7 nitrogen and oxygen atoms in total. The molecular weight excluding hydrogens is 474 g/mol. The van der Waals surface area contributed by atoms with Crippen LogP contribution in [0.25, 0.3) is 10.9 Å². The third kappa shape index (κ3) is 4.50. The lowest BCUT2D eigenvalue weighted by molar-refractivity contribution is -0.119. The van der Waals surface area contributed by atoms with E-state index in [-0.39, 0.29) is 12.7 Å². The Morgan fingerprint density at radius 3 is 2.47 bits per heavy atom. The van der Waals surface area contributed by atoms with Crippen LogP contribution < -0.4 is 19.9 Å². The van der Waals surface area contributed by atoms with Gasteiger partial charge in [0.05, 0.1) is 10.8 Å². The maximum atomic E-state index is 13.8. The zero-order chi connectivity index (χ0) is 25.4. The summed E-state index contributed by atoms with van der Waals surface area (Å²) in [5.74, 6) is 0.503. The predicted molar refractivity (Wildman–Crippen MR) is 140 cm³/mol. The lowest BCUT2D eigenvalue weighted by Gasteiger charge is -2.18. The molecule has 186 valence electrons. The second-order valence-corrected chi connectivity index (χ2v) is 10.5. The number of carbonyl (C=O) groups is 1. The number of ether oxygens (including phenoxy) is 2. The van der Waals surface area contributed by atoms with Crippen molar-refractivity contribution in [3.63, 3.8) is 0 Å². The second kappa shape index (κ2) is 9.79. The zero-order valence-electron chi connectivity index (χ0n) is 20.5. The van der Waals surface area contributed by atoms with E-state index in [0.717, 1.165) is 33.2 Å². The Morgan fingerprint density at radius 2 is 1.75 bits per heavy atom. The summed E-state index contributed by atoms with van der Waals surface area (Å²) in [6.45, 7) is 4.77. The van der Waals surface area contributed by atoms with Crippen molar-refractivity contribution in [1.29, 1.82) is 0 Å². The predicted octanol–water partition coefficient (Wildman–Crippen LogP) is 4.46. The van der Waals surface area contributed by atoms with Gasteiger partial charge in [-0.25, -0.2) is 4.21 Å². The number of carbonyl (C=O) groups excluding carboxylic acids is 1. The molecule has 5 rings (SSSR count). The number of amides is 1. The summed E-state index contributed by atoms with van der Waals surface area (Å²) in [5, 5.41) is 0.930. The van der Waals surface area contributed by atoms with Crippen molar-refractivity contribution < 1.29 is 18.5 Å². The van der Waals surface area contributed by atoms with Crippen LogP contribution in [0.1, 0.15) is 47.9 Å². The van der Waals surface area contributed by atoms with E-state index in [0.29, 0.717) is 28.9 Å². The third-order valence-electron chi connectivity index (χ3n) is 6.58. The monoisotopic (exact) mass is 503 g/mol. The minimum Gasteiger partial charge on any atom is -0.454 e. The summed E-state index contributed by atoms with van der Waals surface area (Å²) >= 11 is 0. The molecule has 1 amide bonds. The quantitative estimate of drug-likeness (QED) is 0.388. The maximum Gasteiger partial charge on any atom is 0.244 e. The summed E-state index contributed by atoms with van der Waals surface area (Å²) in [5.41, 5.74) is 10.5. The van der Waals surface area contributed by atoms with Crippen LogP contribution in [-0.4, -0.2) is 21.5 Å². The van der Waals surface area contributed by atoms with Gasteiger partial charge >= 0.3 is 0 Å². The van der Waals surface area contributed by atoms with Gasteiger partial charge in [-0.2, -0.15) is 0 Å². The van der Waals surface area contributed by atoms with E-state index >= 15 is 0 Å². The van der Waals surface area contributed by atoms with E-state index in [1.807, 2.05) is 60.3 Å². The second-order valence-electron chi connectivity index (χ2n) is 9.26. The van der Waals surface area contributed by atoms with Gasteiger partial charge in [0.2, 0.25) is 12.7 Å². The number of hydrogen-bond donors (Lipinski definition) is 2. The van der Waals surface area contributed by atoms with Crippen LogP contribution in [0.3, 0.4) is 0 Å². The Morgan fingerprint density at radius 1 is 1.03 bits per heavy atom. The van der Waals surface area contributed by atoms with Crippen molar-refractivity contribution in [2.24, 2.45) is 12.8 Å². The molecule has 1 aliphatic heterocycles. The van der Waals surface area contributed by atoms with Crippen LogP contribution in [0, 0.1) is 0 Å². The molecule has 3 aromatic carbocycles. The van der Waals surface area contributed by atoms with Gasteiger partial charge in [0.15, 0.2) is 22.5 Å². The first-order valence-electron chi connectivity index (χ1n) is 11.9. The highest BCUT2D eigenvalue weighted by molar-refractivity contribution is 7.83. The van der Waals surface area contributed by atoms with Gasteiger partial charge in [0.1, 0.15) is 0 Å². The average Bonchev–Trinajstić information content (AvgIpc) is 3.48. The summed E-state index contributed by atoms with van der Waals surface area (Å²) < 4.78 is 28.9. The molecule has 0 fully saturated rings. The topological polar surface area (TPSA) is 95.6 Å². The summed E-state index contributed by atoms with van der Waals surface area (Å²) in [6, 6.07) is 18.9. The number of aromatic nitrogens is 1. The maximum absolute atomic E-state index is 13.8. The highest BCUT2D eigenvalue weighted by atomic mass is 32.2. The number of nitrogens with two attached hydrogens (primary N) is 1. The van der Waals surface area contributed by atoms with Crippen molar-refractivity contribution in [3.05, 3.63) is 89.1 Å². The van der Waals surface area contributed by atoms with Crippen LogP contribution in [0.15, 0.2) is 71.8 Å². The first-order valence-corrected chi connectivity index (χ1v) is 13.0. The van der Waals surface area contributed by atoms with E-state index in [2.05, 4.69) is 18.6 Å². The van der Waals surface area contributed by atoms with Gasteiger partial charge < -0.3 is 19.8 Å². The minimum absolute atomic E-state index is 0.141. The zero-order valence-corrected chi connectivity index (χ0v) is 21.3. The number of hydrogen-bond acceptors (Lipinski definition) is 5. The van der Waals surface area contributed by atoms with Gasteiger partial charge in [-0.05, 0) is 58.5 Å². The number of nitrogens with one attached hydrogen (secondary N) is 1. The fraction of sp³-hybridized carbons (Fsp3) is 0.250. The average molecular weight is 504 g/mol. The number of aryl methyl sites for hydroxylation is 1. The fourth-order valence-corrected chi connectivity index (χ4v) is 5.37. The van der Waals surface area contributed by atoms with E-state index in [4.69, 9.17) is 15.2 Å². The fourth-order valence-electron chi connectivity index (χ4n) is 4.57. The molecule has 4 aromatic rings. The molecular formula is C28H29N3O4S. The van der Waals surface area contributed by atoms with Gasteiger partial charge in [-0.3, -0.25) is 9.52 Å². The standard InChI is InChI=1S/C28H29N3O4S/c1-17(2)19-5-8-21(9-6-19)36(33)30-28(32)27(20-7-11-25-26(13-20)35-16-34-25)23-15-31(3)24-12-18(14-29)4-10-22(23)24/h4-13,15,17,27H,14,16,29H2,1-3H3,(H,30,32). The van der Waals surface area contributed by atoms with E-state index in [9.17, 15) is 9.00 Å². The van der Waals surface area contributed by atoms with Crippen LogP contribution in [0.2, 0.25) is 0 Å². The molecule has 0 bridgehead atoms. The van der Waals surface area contributed by atoms with E-state index in [1.165, 1.54) is 0 Å². The van der Waals surface area contributed by atoms with Crippen LogP contribution in [0.4, 0.5) is 0 Å². The highest BCUT2D eigenvalue weighted by Crippen LogP contribution is 2.39. The molecule has 0 saturated carbocycles. The van der Waals surface area contributed by atoms with Crippen LogP contribution in [0.5, 0.6) is 11.5 Å². The lowest BCUT2D eigenvalue weighted by atomic mass is 9.90.